The Morgan fingerprint density at radius 1 is 1.29 bits per heavy atom. The Morgan fingerprint density at radius 3 is 2.75 bits per heavy atom. The molecule has 28 heavy (non-hydrogen) atoms. The van der Waals surface area contributed by atoms with Crippen LogP contribution in [-0.4, -0.2) is 35.4 Å². The molecule has 10 heteroatoms. The summed E-state index contributed by atoms with van der Waals surface area (Å²) >= 11 is 3.48. The first-order chi connectivity index (χ1) is 13.2. The lowest BCUT2D eigenvalue weighted by molar-refractivity contribution is -0.157. The van der Waals surface area contributed by atoms with Gasteiger partial charge in [-0.2, -0.15) is 13.2 Å². The van der Waals surface area contributed by atoms with E-state index >= 15 is 0 Å². The number of nitrogens with one attached hydrogen (secondary N) is 1. The summed E-state index contributed by atoms with van der Waals surface area (Å²) < 4.78 is 48.5. The van der Waals surface area contributed by atoms with Crippen molar-refractivity contribution in [3.8, 4) is 0 Å². The van der Waals surface area contributed by atoms with Gasteiger partial charge >= 0.3 is 18.1 Å². The average molecular weight is 462 g/mol. The molecule has 3 aliphatic rings. The first kappa shape index (κ1) is 19.2. The van der Waals surface area contributed by atoms with E-state index in [0.717, 1.165) is 18.2 Å². The Hall–Kier alpha value is -2.10. The van der Waals surface area contributed by atoms with Crippen LogP contribution in [-0.2, 0) is 30.0 Å². The highest BCUT2D eigenvalue weighted by atomic mass is 79.9. The zero-order chi connectivity index (χ0) is 20.2. The standard InChI is InChI=1S/C18H15BrF3NO5/c19-14-9-5-10-13(17(26)28-15(10)14)12(9)16(25)27-6-11(24)23-8-3-1-2-7(4-8)18(20,21)22/h1-4,9-10,12-15H,5-6H2,(H,23,24)/t9-,10-,12-,13+,14+,15+/m1/s1. The highest BCUT2D eigenvalue weighted by molar-refractivity contribution is 9.09. The van der Waals surface area contributed by atoms with Gasteiger partial charge in [-0.05, 0) is 30.5 Å². The summed E-state index contributed by atoms with van der Waals surface area (Å²) in [6, 6.07) is 4.14. The molecule has 2 saturated carbocycles. The van der Waals surface area contributed by atoms with E-state index in [1.54, 1.807) is 0 Å². The smallest absolute Gasteiger partial charge is 0.416 e. The molecule has 3 fully saturated rings. The number of ether oxygens (including phenoxy) is 2. The minimum atomic E-state index is -4.53. The molecule has 4 rings (SSSR count). The predicted octanol–water partition coefficient (Wildman–Crippen LogP) is 2.76. The summed E-state index contributed by atoms with van der Waals surface area (Å²) in [7, 11) is 0. The van der Waals surface area contributed by atoms with Gasteiger partial charge in [0.2, 0.25) is 0 Å². The molecule has 6 atom stereocenters. The van der Waals surface area contributed by atoms with E-state index in [2.05, 4.69) is 21.2 Å². The second-order valence-electron chi connectivity index (χ2n) is 7.20. The molecule has 1 aromatic carbocycles. The third-order valence-electron chi connectivity index (χ3n) is 5.61. The third-order valence-corrected chi connectivity index (χ3v) is 6.81. The number of fused-ring (bicyclic) bond motifs is 1. The molecule has 1 aromatic rings. The number of amides is 1. The maximum Gasteiger partial charge on any atom is 0.416 e. The molecular formula is C18H15BrF3NO5. The molecule has 1 amide bonds. The van der Waals surface area contributed by atoms with Crippen LogP contribution < -0.4 is 5.32 Å². The lowest BCUT2D eigenvalue weighted by Gasteiger charge is -2.26. The fraction of sp³-hybridized carbons (Fsp3) is 0.500. The summed E-state index contributed by atoms with van der Waals surface area (Å²) in [6.07, 6.45) is -4.09. The Bertz CT molecular complexity index is 845. The molecule has 6 nitrogen and oxygen atoms in total. The SMILES string of the molecule is O=C(COC(=O)[C@@H]1[C@H]2C[C@H]3[C@H](OC(=O)[C@@H]31)[C@H]2Br)Nc1cccc(C(F)(F)F)c1. The lowest BCUT2D eigenvalue weighted by atomic mass is 9.80. The molecule has 150 valence electrons. The Balaban J connectivity index is 1.36. The molecular weight excluding hydrogens is 447 g/mol. The van der Waals surface area contributed by atoms with Gasteiger partial charge in [0.05, 0.1) is 22.2 Å². The molecule has 0 unspecified atom stereocenters. The van der Waals surface area contributed by atoms with Crippen molar-refractivity contribution in [3.63, 3.8) is 0 Å². The van der Waals surface area contributed by atoms with Gasteiger partial charge in [-0.3, -0.25) is 14.4 Å². The summed E-state index contributed by atoms with van der Waals surface area (Å²) in [5, 5.41) is 2.27. The van der Waals surface area contributed by atoms with Gasteiger partial charge < -0.3 is 14.8 Å². The van der Waals surface area contributed by atoms with Crippen LogP contribution in [0.25, 0.3) is 0 Å². The van der Waals surface area contributed by atoms with E-state index in [1.165, 1.54) is 6.07 Å². The monoisotopic (exact) mass is 461 g/mol. The van der Waals surface area contributed by atoms with Crippen LogP contribution in [0.4, 0.5) is 18.9 Å². The number of rotatable bonds is 4. The summed E-state index contributed by atoms with van der Waals surface area (Å²) in [4.78, 5) is 36.3. The number of anilines is 1. The number of benzene rings is 1. The molecule has 2 bridgehead atoms. The zero-order valence-electron chi connectivity index (χ0n) is 14.2. The molecule has 0 radical (unpaired) electrons. The molecule has 0 spiro atoms. The van der Waals surface area contributed by atoms with Gasteiger partial charge in [0.25, 0.3) is 5.91 Å². The number of carbonyl (C=O) groups excluding carboxylic acids is 3. The Labute approximate surface area is 165 Å². The van der Waals surface area contributed by atoms with Crippen LogP contribution in [0, 0.1) is 23.7 Å². The highest BCUT2D eigenvalue weighted by Gasteiger charge is 2.68. The third kappa shape index (κ3) is 3.17. The van der Waals surface area contributed by atoms with Crippen molar-refractivity contribution in [1.82, 2.24) is 0 Å². The normalized spacial score (nSPS) is 32.9. The topological polar surface area (TPSA) is 81.7 Å². The first-order valence-corrected chi connectivity index (χ1v) is 9.56. The van der Waals surface area contributed by atoms with Gasteiger partial charge in [0, 0.05) is 11.6 Å². The Morgan fingerprint density at radius 2 is 2.04 bits per heavy atom. The van der Waals surface area contributed by atoms with E-state index in [0.29, 0.717) is 6.42 Å². The van der Waals surface area contributed by atoms with Crippen LogP contribution in [0.5, 0.6) is 0 Å². The van der Waals surface area contributed by atoms with Gasteiger partial charge in [-0.15, -0.1) is 0 Å². The number of hydrogen-bond acceptors (Lipinski definition) is 5. The number of hydrogen-bond donors (Lipinski definition) is 1. The minimum absolute atomic E-state index is 0.0293. The highest BCUT2D eigenvalue weighted by Crippen LogP contribution is 2.60. The fourth-order valence-corrected chi connectivity index (χ4v) is 5.54. The largest absolute Gasteiger partial charge is 0.461 e. The van der Waals surface area contributed by atoms with Crippen molar-refractivity contribution < 1.29 is 37.0 Å². The van der Waals surface area contributed by atoms with Gasteiger partial charge in [0.1, 0.15) is 6.10 Å². The van der Waals surface area contributed by atoms with Crippen molar-refractivity contribution in [2.45, 2.75) is 23.5 Å². The van der Waals surface area contributed by atoms with E-state index in [4.69, 9.17) is 9.47 Å². The summed E-state index contributed by atoms with van der Waals surface area (Å²) in [5.74, 6) is -3.22. The Kier molecular flexibility index (Phi) is 4.64. The number of carbonyl (C=O) groups is 3. The van der Waals surface area contributed by atoms with Crippen LogP contribution >= 0.6 is 15.9 Å². The molecule has 2 aliphatic carbocycles. The van der Waals surface area contributed by atoms with E-state index in [9.17, 15) is 27.6 Å². The second-order valence-corrected chi connectivity index (χ2v) is 8.25. The van der Waals surface area contributed by atoms with E-state index < -0.39 is 48.0 Å². The maximum atomic E-state index is 12.7. The van der Waals surface area contributed by atoms with Crippen LogP contribution in [0.15, 0.2) is 24.3 Å². The molecule has 1 heterocycles. The van der Waals surface area contributed by atoms with Gasteiger partial charge in [0.15, 0.2) is 6.61 Å². The van der Waals surface area contributed by atoms with Crippen LogP contribution in [0.1, 0.15) is 12.0 Å². The summed E-state index contributed by atoms with van der Waals surface area (Å²) in [5.41, 5.74) is -0.958. The number of alkyl halides is 4. The average Bonchev–Trinajstić information content (AvgIpc) is 3.23. The van der Waals surface area contributed by atoms with Gasteiger partial charge in [-0.25, -0.2) is 0 Å². The first-order valence-electron chi connectivity index (χ1n) is 8.65. The van der Waals surface area contributed by atoms with E-state index in [1.807, 2.05) is 0 Å². The van der Waals surface area contributed by atoms with Crippen molar-refractivity contribution in [1.29, 1.82) is 0 Å². The molecule has 1 saturated heterocycles. The number of halogens is 4. The summed E-state index contributed by atoms with van der Waals surface area (Å²) in [6.45, 7) is -0.652. The quantitative estimate of drug-likeness (QED) is 0.550. The van der Waals surface area contributed by atoms with E-state index in [-0.39, 0.29) is 28.5 Å². The van der Waals surface area contributed by atoms with Crippen molar-refractivity contribution in [2.24, 2.45) is 23.7 Å². The molecule has 0 aromatic heterocycles. The second kappa shape index (κ2) is 6.75. The predicted molar refractivity (Wildman–Crippen MR) is 92.2 cm³/mol. The maximum absolute atomic E-state index is 12.7. The van der Waals surface area contributed by atoms with Crippen molar-refractivity contribution in [2.75, 3.05) is 11.9 Å². The van der Waals surface area contributed by atoms with Crippen LogP contribution in [0.3, 0.4) is 0 Å². The van der Waals surface area contributed by atoms with Crippen LogP contribution in [0.2, 0.25) is 0 Å². The van der Waals surface area contributed by atoms with Crippen molar-refractivity contribution >= 4 is 39.5 Å². The van der Waals surface area contributed by atoms with Crippen molar-refractivity contribution in [3.05, 3.63) is 29.8 Å². The molecule has 1 aliphatic heterocycles. The number of esters is 2. The minimum Gasteiger partial charge on any atom is -0.461 e. The fourth-order valence-electron chi connectivity index (χ4n) is 4.50. The zero-order valence-corrected chi connectivity index (χ0v) is 15.8. The molecule has 1 N–H and O–H groups in total. The lowest BCUT2D eigenvalue weighted by Crippen LogP contribution is -2.39. The van der Waals surface area contributed by atoms with Gasteiger partial charge in [-0.1, -0.05) is 22.0 Å².